The summed E-state index contributed by atoms with van der Waals surface area (Å²) in [4.78, 5) is 40.5. The average molecular weight is 463 g/mol. The minimum atomic E-state index is -1.31. The zero-order valence-corrected chi connectivity index (χ0v) is 18.8. The zero-order valence-electron chi connectivity index (χ0n) is 18.8. The molecule has 0 saturated heterocycles. The smallest absolute Gasteiger partial charge is 0.407 e. The van der Waals surface area contributed by atoms with Crippen LogP contribution in [0.25, 0.3) is 11.1 Å². The van der Waals surface area contributed by atoms with Crippen LogP contribution in [0.3, 0.4) is 0 Å². The van der Waals surface area contributed by atoms with Gasteiger partial charge in [0.25, 0.3) is 0 Å². The molecule has 1 aromatic heterocycles. The van der Waals surface area contributed by atoms with Crippen LogP contribution in [0.4, 0.5) is 4.79 Å². The van der Waals surface area contributed by atoms with Gasteiger partial charge in [0.15, 0.2) is 0 Å². The van der Waals surface area contributed by atoms with Gasteiger partial charge in [-0.15, -0.1) is 0 Å². The van der Waals surface area contributed by atoms with Crippen molar-refractivity contribution in [1.82, 2.24) is 15.6 Å². The molecule has 1 heterocycles. The predicted octanol–water partition coefficient (Wildman–Crippen LogP) is 3.29. The molecule has 0 aliphatic heterocycles. The summed E-state index contributed by atoms with van der Waals surface area (Å²) in [6, 6.07) is 14.5. The number of carbonyl (C=O) groups excluding carboxylic acids is 2. The number of ether oxygens (including phenoxy) is 1. The van der Waals surface area contributed by atoms with Gasteiger partial charge >= 0.3 is 12.1 Å². The normalized spacial score (nSPS) is 13.0. The number of carboxylic acids is 1. The van der Waals surface area contributed by atoms with Gasteiger partial charge in [0.1, 0.15) is 18.4 Å². The molecule has 3 aromatic rings. The molecular formula is C25H25N3O6. The number of alkyl carbamates (subject to hydrolysis) is 1. The topological polar surface area (TPSA) is 131 Å². The molecule has 9 heteroatoms. The molecule has 1 atom stereocenters. The van der Waals surface area contributed by atoms with E-state index >= 15 is 0 Å². The first-order chi connectivity index (χ1) is 16.3. The molecule has 0 radical (unpaired) electrons. The van der Waals surface area contributed by atoms with Crippen molar-refractivity contribution >= 4 is 18.0 Å². The number of aromatic nitrogens is 1. The number of hydrogen-bond donors (Lipinski definition) is 3. The average Bonchev–Trinajstić information content (AvgIpc) is 3.31. The number of carboxylic acid groups (broad SMARTS) is 1. The lowest BCUT2D eigenvalue weighted by molar-refractivity contribution is -0.139. The largest absolute Gasteiger partial charge is 0.481 e. The number of carbonyl (C=O) groups is 3. The zero-order chi connectivity index (χ0) is 24.2. The number of rotatable bonds is 8. The van der Waals surface area contributed by atoms with E-state index in [9.17, 15) is 19.5 Å². The highest BCUT2D eigenvalue weighted by Crippen LogP contribution is 2.44. The Labute approximate surface area is 196 Å². The Morgan fingerprint density at radius 1 is 1.06 bits per heavy atom. The van der Waals surface area contributed by atoms with Crippen molar-refractivity contribution in [3.8, 4) is 11.1 Å². The van der Waals surface area contributed by atoms with Gasteiger partial charge in [0.05, 0.1) is 18.7 Å². The first kappa shape index (κ1) is 23.0. The highest BCUT2D eigenvalue weighted by Gasteiger charge is 2.30. The fourth-order valence-corrected chi connectivity index (χ4v) is 4.07. The number of oxazole rings is 1. The number of amides is 2. The van der Waals surface area contributed by atoms with Crippen LogP contribution in [-0.2, 0) is 20.9 Å². The van der Waals surface area contributed by atoms with E-state index in [0.717, 1.165) is 22.3 Å². The van der Waals surface area contributed by atoms with E-state index in [0.29, 0.717) is 17.3 Å². The minimum Gasteiger partial charge on any atom is -0.481 e. The molecule has 3 N–H and O–H groups in total. The Bertz CT molecular complexity index is 1170. The Kier molecular flexibility index (Phi) is 6.62. The summed E-state index contributed by atoms with van der Waals surface area (Å²) in [6.07, 6.45) is -1.47. The minimum absolute atomic E-state index is 0.0317. The van der Waals surface area contributed by atoms with Crippen molar-refractivity contribution in [2.24, 2.45) is 0 Å². The van der Waals surface area contributed by atoms with Gasteiger partial charge in [0.2, 0.25) is 11.8 Å². The van der Waals surface area contributed by atoms with E-state index in [4.69, 9.17) is 9.15 Å². The molecule has 1 aliphatic rings. The summed E-state index contributed by atoms with van der Waals surface area (Å²) < 4.78 is 10.8. The Balaban J connectivity index is 1.38. The SMILES string of the molecule is Cc1nc(CNC(=O)C(CC(=O)O)NC(=O)OCC2c3ccccc3-c3ccccc32)oc1C. The van der Waals surface area contributed by atoms with Crippen molar-refractivity contribution in [1.29, 1.82) is 0 Å². The maximum atomic E-state index is 12.6. The fourth-order valence-electron chi connectivity index (χ4n) is 4.07. The van der Waals surface area contributed by atoms with Crippen LogP contribution < -0.4 is 10.6 Å². The molecule has 0 fully saturated rings. The number of hydrogen-bond acceptors (Lipinski definition) is 6. The van der Waals surface area contributed by atoms with Gasteiger partial charge in [-0.25, -0.2) is 9.78 Å². The van der Waals surface area contributed by atoms with E-state index in [1.807, 2.05) is 48.5 Å². The Morgan fingerprint density at radius 2 is 1.68 bits per heavy atom. The highest BCUT2D eigenvalue weighted by atomic mass is 16.5. The maximum absolute atomic E-state index is 12.6. The predicted molar refractivity (Wildman–Crippen MR) is 122 cm³/mol. The van der Waals surface area contributed by atoms with Crippen molar-refractivity contribution < 1.29 is 28.6 Å². The molecular weight excluding hydrogens is 438 g/mol. The second-order valence-corrected chi connectivity index (χ2v) is 8.09. The van der Waals surface area contributed by atoms with Crippen LogP contribution in [0.2, 0.25) is 0 Å². The maximum Gasteiger partial charge on any atom is 0.407 e. The molecule has 2 aromatic carbocycles. The van der Waals surface area contributed by atoms with Crippen LogP contribution in [0.15, 0.2) is 52.9 Å². The van der Waals surface area contributed by atoms with Crippen molar-refractivity contribution in [3.05, 3.63) is 77.0 Å². The van der Waals surface area contributed by atoms with Gasteiger partial charge in [-0.1, -0.05) is 48.5 Å². The van der Waals surface area contributed by atoms with E-state index in [1.165, 1.54) is 0 Å². The summed E-state index contributed by atoms with van der Waals surface area (Å²) in [5, 5.41) is 14.1. The molecule has 0 saturated carbocycles. The molecule has 0 spiro atoms. The van der Waals surface area contributed by atoms with Crippen molar-refractivity contribution in [2.45, 2.75) is 38.8 Å². The van der Waals surface area contributed by atoms with Crippen molar-refractivity contribution in [3.63, 3.8) is 0 Å². The van der Waals surface area contributed by atoms with Crippen LogP contribution in [0.1, 0.15) is 40.8 Å². The van der Waals surface area contributed by atoms with Gasteiger partial charge in [-0.05, 0) is 36.1 Å². The quantitative estimate of drug-likeness (QED) is 0.467. The highest BCUT2D eigenvalue weighted by molar-refractivity contribution is 5.89. The van der Waals surface area contributed by atoms with E-state index in [1.54, 1.807) is 13.8 Å². The number of aryl methyl sites for hydroxylation is 2. The lowest BCUT2D eigenvalue weighted by Crippen LogP contribution is -2.48. The summed E-state index contributed by atoms with van der Waals surface area (Å²) in [6.45, 7) is 3.54. The fraction of sp³-hybridized carbons (Fsp3) is 0.280. The first-order valence-corrected chi connectivity index (χ1v) is 10.9. The second kappa shape index (κ2) is 9.78. The van der Waals surface area contributed by atoms with Crippen molar-refractivity contribution in [2.75, 3.05) is 6.61 Å². The molecule has 1 aliphatic carbocycles. The third kappa shape index (κ3) is 4.93. The third-order valence-corrected chi connectivity index (χ3v) is 5.82. The lowest BCUT2D eigenvalue weighted by atomic mass is 9.98. The molecule has 0 bridgehead atoms. The number of nitrogens with one attached hydrogen (secondary N) is 2. The van der Waals surface area contributed by atoms with Gasteiger partial charge in [0, 0.05) is 5.92 Å². The number of aliphatic carboxylic acids is 1. The molecule has 1 unspecified atom stereocenters. The first-order valence-electron chi connectivity index (χ1n) is 10.9. The van der Waals surface area contributed by atoms with E-state index in [-0.39, 0.29) is 19.1 Å². The van der Waals surface area contributed by atoms with Gasteiger partial charge in [-0.2, -0.15) is 0 Å². The Morgan fingerprint density at radius 3 is 2.24 bits per heavy atom. The van der Waals surface area contributed by atoms with Gasteiger partial charge in [-0.3, -0.25) is 9.59 Å². The summed E-state index contributed by atoms with van der Waals surface area (Å²) in [7, 11) is 0. The van der Waals surface area contributed by atoms with Crippen LogP contribution in [0.5, 0.6) is 0 Å². The second-order valence-electron chi connectivity index (χ2n) is 8.09. The Hall–Kier alpha value is -4.14. The number of fused-ring (bicyclic) bond motifs is 3. The molecule has 9 nitrogen and oxygen atoms in total. The van der Waals surface area contributed by atoms with Gasteiger partial charge < -0.3 is 24.9 Å². The summed E-state index contributed by atoms with van der Waals surface area (Å²) >= 11 is 0. The summed E-state index contributed by atoms with van der Waals surface area (Å²) in [5.74, 6) is -1.14. The molecule has 34 heavy (non-hydrogen) atoms. The standard InChI is InChI=1S/C25H25N3O6/c1-14-15(2)34-22(27-14)12-26-24(31)21(11-23(29)30)28-25(32)33-13-20-18-9-5-3-7-16(18)17-8-4-6-10-19(17)20/h3-10,20-21H,11-13H2,1-2H3,(H,26,31)(H,28,32)(H,29,30). The molecule has 2 amide bonds. The van der Waals surface area contributed by atoms with E-state index in [2.05, 4.69) is 15.6 Å². The number of nitrogens with zero attached hydrogens (tertiary/aromatic N) is 1. The van der Waals surface area contributed by atoms with Crippen LogP contribution in [0, 0.1) is 13.8 Å². The van der Waals surface area contributed by atoms with E-state index < -0.39 is 30.4 Å². The lowest BCUT2D eigenvalue weighted by Gasteiger charge is -2.18. The van der Waals surface area contributed by atoms with Crippen LogP contribution in [-0.4, -0.2) is 40.7 Å². The van der Waals surface area contributed by atoms with Crippen LogP contribution >= 0.6 is 0 Å². The third-order valence-electron chi connectivity index (χ3n) is 5.82. The summed E-state index contributed by atoms with van der Waals surface area (Å²) in [5.41, 5.74) is 4.98. The molecule has 4 rings (SSSR count). The molecule has 176 valence electrons. The number of benzene rings is 2. The monoisotopic (exact) mass is 463 g/mol.